The van der Waals surface area contributed by atoms with Crippen LogP contribution in [0.25, 0.3) is 5.82 Å². The van der Waals surface area contributed by atoms with E-state index in [0.29, 0.717) is 36.0 Å². The van der Waals surface area contributed by atoms with Gasteiger partial charge in [0.15, 0.2) is 5.82 Å². The lowest BCUT2D eigenvalue weighted by atomic mass is 10.2. The predicted molar refractivity (Wildman–Crippen MR) is 93.0 cm³/mol. The lowest BCUT2D eigenvalue weighted by Gasteiger charge is -2.09. The highest BCUT2D eigenvalue weighted by atomic mass is 16.5. The molecule has 3 aromatic rings. The smallest absolute Gasteiger partial charge is 0.251 e. The summed E-state index contributed by atoms with van der Waals surface area (Å²) >= 11 is 0. The molecule has 1 aromatic carbocycles. The molecule has 0 unspecified atom stereocenters. The van der Waals surface area contributed by atoms with Crippen LogP contribution in [0.4, 0.5) is 5.82 Å². The molecule has 2 heterocycles. The van der Waals surface area contributed by atoms with Gasteiger partial charge in [-0.25, -0.2) is 14.6 Å². The summed E-state index contributed by atoms with van der Waals surface area (Å²) in [7, 11) is 1.57. The third-order valence-corrected chi connectivity index (χ3v) is 3.44. The summed E-state index contributed by atoms with van der Waals surface area (Å²) in [5.74, 6) is 1.83. The number of rotatable bonds is 7. The number of amides is 1. The second-order valence-corrected chi connectivity index (χ2v) is 5.13. The number of carbonyl (C=O) groups excluding carboxylic acids is 1. The molecule has 8 heteroatoms. The number of ether oxygens (including phenoxy) is 1. The lowest BCUT2D eigenvalue weighted by molar-refractivity contribution is 0.0955. The molecule has 0 aliphatic carbocycles. The molecule has 0 spiro atoms. The molecule has 0 saturated carbocycles. The van der Waals surface area contributed by atoms with Gasteiger partial charge in [-0.15, -0.1) is 0 Å². The van der Waals surface area contributed by atoms with E-state index in [1.54, 1.807) is 54.5 Å². The van der Waals surface area contributed by atoms with E-state index in [2.05, 4.69) is 25.7 Å². The molecule has 0 radical (unpaired) electrons. The predicted octanol–water partition coefficient (Wildman–Crippen LogP) is 1.51. The van der Waals surface area contributed by atoms with Gasteiger partial charge < -0.3 is 15.4 Å². The molecule has 25 heavy (non-hydrogen) atoms. The summed E-state index contributed by atoms with van der Waals surface area (Å²) in [6.45, 7) is 0.989. The van der Waals surface area contributed by atoms with Gasteiger partial charge in [0.1, 0.15) is 17.9 Å². The van der Waals surface area contributed by atoms with Gasteiger partial charge in [0.05, 0.1) is 7.11 Å². The lowest BCUT2D eigenvalue weighted by Crippen LogP contribution is -2.28. The van der Waals surface area contributed by atoms with Gasteiger partial charge in [-0.05, 0) is 24.3 Å². The minimum Gasteiger partial charge on any atom is -0.497 e. The van der Waals surface area contributed by atoms with Crippen LogP contribution in [-0.4, -0.2) is 45.9 Å². The number of benzene rings is 1. The zero-order chi connectivity index (χ0) is 17.5. The Morgan fingerprint density at radius 1 is 1.20 bits per heavy atom. The molecule has 0 saturated heterocycles. The first-order valence-corrected chi connectivity index (χ1v) is 7.74. The first kappa shape index (κ1) is 16.4. The number of methoxy groups -OCH3 is 1. The maximum atomic E-state index is 12.1. The van der Waals surface area contributed by atoms with Crippen LogP contribution in [0.2, 0.25) is 0 Å². The molecule has 0 fully saturated rings. The monoisotopic (exact) mass is 338 g/mol. The van der Waals surface area contributed by atoms with Crippen LogP contribution < -0.4 is 15.4 Å². The quantitative estimate of drug-likeness (QED) is 0.634. The fourth-order valence-corrected chi connectivity index (χ4v) is 2.21. The average Bonchev–Trinajstić information content (AvgIpc) is 3.20. The van der Waals surface area contributed by atoms with Crippen LogP contribution in [0.3, 0.4) is 0 Å². The van der Waals surface area contributed by atoms with E-state index in [1.807, 2.05) is 6.07 Å². The van der Waals surface area contributed by atoms with Crippen LogP contribution in [0, 0.1) is 0 Å². The Hall–Kier alpha value is -3.42. The molecule has 0 bridgehead atoms. The summed E-state index contributed by atoms with van der Waals surface area (Å²) in [5.41, 5.74) is 0.558. The Balaban J connectivity index is 1.50. The highest BCUT2D eigenvalue weighted by Gasteiger charge is 2.06. The van der Waals surface area contributed by atoms with Crippen LogP contribution in [0.5, 0.6) is 5.75 Å². The van der Waals surface area contributed by atoms with Gasteiger partial charge in [-0.3, -0.25) is 4.79 Å². The molecule has 0 atom stereocenters. The van der Waals surface area contributed by atoms with Crippen molar-refractivity contribution in [2.75, 3.05) is 25.5 Å². The van der Waals surface area contributed by atoms with Gasteiger partial charge in [0.25, 0.3) is 5.91 Å². The van der Waals surface area contributed by atoms with Gasteiger partial charge in [0, 0.05) is 37.1 Å². The van der Waals surface area contributed by atoms with Crippen molar-refractivity contribution >= 4 is 11.7 Å². The van der Waals surface area contributed by atoms with Crippen molar-refractivity contribution < 1.29 is 9.53 Å². The molecule has 1 amide bonds. The van der Waals surface area contributed by atoms with Crippen LogP contribution >= 0.6 is 0 Å². The normalized spacial score (nSPS) is 10.3. The molecule has 0 aliphatic heterocycles. The molecular formula is C17H18N6O2. The van der Waals surface area contributed by atoms with E-state index in [1.165, 1.54) is 6.33 Å². The number of hydrogen-bond acceptors (Lipinski definition) is 6. The van der Waals surface area contributed by atoms with Gasteiger partial charge in [0.2, 0.25) is 0 Å². The molecule has 2 aromatic heterocycles. The number of nitrogens with zero attached hydrogens (tertiary/aromatic N) is 4. The fraction of sp³-hybridized carbons (Fsp3) is 0.176. The summed E-state index contributed by atoms with van der Waals surface area (Å²) in [6.07, 6.45) is 4.96. The van der Waals surface area contributed by atoms with Crippen LogP contribution in [0.15, 0.2) is 55.1 Å². The summed E-state index contributed by atoms with van der Waals surface area (Å²) in [6, 6.07) is 10.6. The minimum atomic E-state index is -0.152. The average molecular weight is 338 g/mol. The molecular weight excluding hydrogens is 320 g/mol. The topological polar surface area (TPSA) is 94.0 Å². The van der Waals surface area contributed by atoms with Crippen LogP contribution in [-0.2, 0) is 0 Å². The van der Waals surface area contributed by atoms with Crippen molar-refractivity contribution in [3.8, 4) is 11.6 Å². The second-order valence-electron chi connectivity index (χ2n) is 5.13. The van der Waals surface area contributed by atoms with Crippen molar-refractivity contribution in [1.29, 1.82) is 0 Å². The molecule has 2 N–H and O–H groups in total. The maximum absolute atomic E-state index is 12.1. The number of carbonyl (C=O) groups is 1. The van der Waals surface area contributed by atoms with E-state index >= 15 is 0 Å². The molecule has 3 rings (SSSR count). The molecule has 128 valence electrons. The standard InChI is InChI=1S/C17H18N6O2/c1-25-14-5-2-4-13(10-14)17(24)19-8-7-18-15-11-16(21-12-20-15)23-9-3-6-22-23/h2-6,9-12H,7-8H2,1H3,(H,19,24)(H,18,20,21). The Labute approximate surface area is 144 Å². The number of hydrogen-bond donors (Lipinski definition) is 2. The van der Waals surface area contributed by atoms with E-state index in [-0.39, 0.29) is 5.91 Å². The molecule has 0 aliphatic rings. The fourth-order valence-electron chi connectivity index (χ4n) is 2.21. The Morgan fingerprint density at radius 3 is 2.92 bits per heavy atom. The van der Waals surface area contributed by atoms with E-state index in [4.69, 9.17) is 4.74 Å². The van der Waals surface area contributed by atoms with Crippen molar-refractivity contribution in [3.05, 3.63) is 60.7 Å². The number of anilines is 1. The zero-order valence-corrected chi connectivity index (χ0v) is 13.7. The van der Waals surface area contributed by atoms with Gasteiger partial charge in [-0.1, -0.05) is 6.07 Å². The summed E-state index contributed by atoms with van der Waals surface area (Å²) in [5, 5.41) is 10.1. The maximum Gasteiger partial charge on any atom is 0.251 e. The van der Waals surface area contributed by atoms with Crippen molar-refractivity contribution in [2.45, 2.75) is 0 Å². The largest absolute Gasteiger partial charge is 0.497 e. The Morgan fingerprint density at radius 2 is 2.12 bits per heavy atom. The first-order valence-electron chi connectivity index (χ1n) is 7.74. The summed E-state index contributed by atoms with van der Waals surface area (Å²) < 4.78 is 6.77. The van der Waals surface area contributed by atoms with E-state index in [0.717, 1.165) is 0 Å². The van der Waals surface area contributed by atoms with E-state index < -0.39 is 0 Å². The Bertz CT molecular complexity index is 835. The van der Waals surface area contributed by atoms with Crippen molar-refractivity contribution in [2.24, 2.45) is 0 Å². The minimum absolute atomic E-state index is 0.152. The van der Waals surface area contributed by atoms with Crippen LogP contribution in [0.1, 0.15) is 10.4 Å². The van der Waals surface area contributed by atoms with Crippen molar-refractivity contribution in [1.82, 2.24) is 25.1 Å². The Kier molecular flexibility index (Phi) is 5.20. The first-order chi connectivity index (χ1) is 12.3. The zero-order valence-electron chi connectivity index (χ0n) is 13.7. The van der Waals surface area contributed by atoms with E-state index in [9.17, 15) is 4.79 Å². The number of aromatic nitrogens is 4. The molecule has 8 nitrogen and oxygen atoms in total. The highest BCUT2D eigenvalue weighted by molar-refractivity contribution is 5.94. The van der Waals surface area contributed by atoms with Gasteiger partial charge in [-0.2, -0.15) is 5.10 Å². The second kappa shape index (κ2) is 7.91. The third-order valence-electron chi connectivity index (χ3n) is 3.44. The highest BCUT2D eigenvalue weighted by Crippen LogP contribution is 2.12. The van der Waals surface area contributed by atoms with Gasteiger partial charge >= 0.3 is 0 Å². The van der Waals surface area contributed by atoms with Crippen molar-refractivity contribution in [3.63, 3.8) is 0 Å². The number of nitrogens with one attached hydrogen (secondary N) is 2. The summed E-state index contributed by atoms with van der Waals surface area (Å²) in [4.78, 5) is 20.4. The SMILES string of the molecule is COc1cccc(C(=O)NCCNc2cc(-n3cccn3)ncn2)c1. The third kappa shape index (κ3) is 4.31.